The first-order chi connectivity index (χ1) is 8.24. The average Bonchev–Trinajstić information content (AvgIpc) is 2.64. The fourth-order valence-corrected chi connectivity index (χ4v) is 3.16. The van der Waals surface area contributed by atoms with Gasteiger partial charge in [0.15, 0.2) is 0 Å². The largest absolute Gasteiger partial charge is 0.381 e. The Morgan fingerprint density at radius 1 is 1.47 bits per heavy atom. The Kier molecular flexibility index (Phi) is 4.59. The second-order valence-electron chi connectivity index (χ2n) is 4.51. The molecule has 17 heavy (non-hydrogen) atoms. The summed E-state index contributed by atoms with van der Waals surface area (Å²) in [6.07, 6.45) is 3.17. The highest BCUT2D eigenvalue weighted by Crippen LogP contribution is 2.33. The van der Waals surface area contributed by atoms with Crippen LogP contribution in [-0.4, -0.2) is 36.6 Å². The summed E-state index contributed by atoms with van der Waals surface area (Å²) in [5, 5.41) is 7.85. The van der Waals surface area contributed by atoms with E-state index in [1.54, 1.807) is 0 Å². The van der Waals surface area contributed by atoms with Crippen LogP contribution in [-0.2, 0) is 18.2 Å². The van der Waals surface area contributed by atoms with Gasteiger partial charge in [-0.05, 0) is 35.8 Å². The molecular weight excluding hydrogens is 282 g/mol. The summed E-state index contributed by atoms with van der Waals surface area (Å²) in [6, 6.07) is 0. The third kappa shape index (κ3) is 2.89. The normalized spacial score (nSPS) is 17.6. The standard InChI is InChI=1S/C12H20BrN3O/c1-14-6-3-10-11(13)12(15-16(10)2)9-4-7-17-8-5-9/h9,14H,3-8H2,1-2H3. The number of hydrogen-bond acceptors (Lipinski definition) is 3. The summed E-state index contributed by atoms with van der Waals surface area (Å²) in [7, 11) is 4.00. The number of halogens is 1. The van der Waals surface area contributed by atoms with E-state index >= 15 is 0 Å². The molecule has 2 rings (SSSR count). The lowest BCUT2D eigenvalue weighted by Gasteiger charge is -2.20. The van der Waals surface area contributed by atoms with E-state index in [1.165, 1.54) is 15.9 Å². The molecule has 4 nitrogen and oxygen atoms in total. The quantitative estimate of drug-likeness (QED) is 0.922. The number of hydrogen-bond donors (Lipinski definition) is 1. The second kappa shape index (κ2) is 5.98. The molecule has 0 aromatic carbocycles. The highest BCUT2D eigenvalue weighted by Gasteiger charge is 2.23. The third-order valence-corrected chi connectivity index (χ3v) is 4.21. The zero-order chi connectivity index (χ0) is 12.3. The van der Waals surface area contributed by atoms with Gasteiger partial charge < -0.3 is 10.1 Å². The van der Waals surface area contributed by atoms with Crippen LogP contribution in [0.1, 0.15) is 30.1 Å². The van der Waals surface area contributed by atoms with Crippen LogP contribution in [0.3, 0.4) is 0 Å². The van der Waals surface area contributed by atoms with Crippen molar-refractivity contribution in [3.63, 3.8) is 0 Å². The van der Waals surface area contributed by atoms with E-state index in [2.05, 4.69) is 26.3 Å². The Balaban J connectivity index is 2.17. The Bertz CT molecular complexity index is 372. The van der Waals surface area contributed by atoms with E-state index in [9.17, 15) is 0 Å². The fraction of sp³-hybridized carbons (Fsp3) is 0.750. The topological polar surface area (TPSA) is 39.1 Å². The minimum atomic E-state index is 0.549. The molecule has 1 aromatic heterocycles. The van der Waals surface area contributed by atoms with Gasteiger partial charge in [0.25, 0.3) is 0 Å². The van der Waals surface area contributed by atoms with Crippen LogP contribution in [0.25, 0.3) is 0 Å². The minimum absolute atomic E-state index is 0.549. The van der Waals surface area contributed by atoms with Crippen molar-refractivity contribution in [1.29, 1.82) is 0 Å². The SMILES string of the molecule is CNCCc1c(Br)c(C2CCOCC2)nn1C. The molecule has 0 atom stereocenters. The van der Waals surface area contributed by atoms with Gasteiger partial charge in [-0.2, -0.15) is 5.10 Å². The fourth-order valence-electron chi connectivity index (χ4n) is 2.30. The van der Waals surface area contributed by atoms with Crippen LogP contribution in [0.5, 0.6) is 0 Å². The van der Waals surface area contributed by atoms with E-state index in [-0.39, 0.29) is 0 Å². The van der Waals surface area contributed by atoms with Crippen molar-refractivity contribution in [3.8, 4) is 0 Å². The zero-order valence-electron chi connectivity index (χ0n) is 10.5. The Morgan fingerprint density at radius 3 is 2.82 bits per heavy atom. The maximum Gasteiger partial charge on any atom is 0.0802 e. The van der Waals surface area contributed by atoms with Gasteiger partial charge in [0.2, 0.25) is 0 Å². The van der Waals surface area contributed by atoms with Crippen molar-refractivity contribution in [1.82, 2.24) is 15.1 Å². The molecule has 1 fully saturated rings. The van der Waals surface area contributed by atoms with Gasteiger partial charge in [-0.1, -0.05) is 0 Å². The lowest BCUT2D eigenvalue weighted by atomic mass is 9.96. The molecule has 0 unspecified atom stereocenters. The van der Waals surface area contributed by atoms with Crippen molar-refractivity contribution >= 4 is 15.9 Å². The molecule has 1 aromatic rings. The molecule has 1 N–H and O–H groups in total. The summed E-state index contributed by atoms with van der Waals surface area (Å²) >= 11 is 3.72. The van der Waals surface area contributed by atoms with E-state index in [0.717, 1.165) is 39.0 Å². The molecule has 0 aliphatic carbocycles. The molecule has 1 aliphatic heterocycles. The number of rotatable bonds is 4. The van der Waals surface area contributed by atoms with Crippen molar-refractivity contribution in [2.75, 3.05) is 26.8 Å². The zero-order valence-corrected chi connectivity index (χ0v) is 12.1. The van der Waals surface area contributed by atoms with E-state index in [1.807, 2.05) is 18.8 Å². The summed E-state index contributed by atoms with van der Waals surface area (Å²) in [5.41, 5.74) is 2.49. The van der Waals surface area contributed by atoms with Gasteiger partial charge in [0.05, 0.1) is 15.9 Å². The van der Waals surface area contributed by atoms with Crippen LogP contribution in [0.15, 0.2) is 4.47 Å². The van der Waals surface area contributed by atoms with E-state index in [4.69, 9.17) is 4.74 Å². The first-order valence-corrected chi connectivity index (χ1v) is 6.97. The van der Waals surface area contributed by atoms with Crippen LogP contribution in [0.4, 0.5) is 0 Å². The van der Waals surface area contributed by atoms with Crippen molar-refractivity contribution in [2.24, 2.45) is 7.05 Å². The number of aromatic nitrogens is 2. The summed E-state index contributed by atoms with van der Waals surface area (Å²) in [5.74, 6) is 0.549. The second-order valence-corrected chi connectivity index (χ2v) is 5.30. The molecular formula is C12H20BrN3O. The lowest BCUT2D eigenvalue weighted by Crippen LogP contribution is -2.15. The van der Waals surface area contributed by atoms with Gasteiger partial charge in [-0.3, -0.25) is 4.68 Å². The minimum Gasteiger partial charge on any atom is -0.381 e. The van der Waals surface area contributed by atoms with Crippen LogP contribution in [0.2, 0.25) is 0 Å². The molecule has 0 saturated carbocycles. The Labute approximate surface area is 111 Å². The van der Waals surface area contributed by atoms with Gasteiger partial charge >= 0.3 is 0 Å². The van der Waals surface area contributed by atoms with Crippen molar-refractivity contribution < 1.29 is 4.74 Å². The molecule has 0 amide bonds. The molecule has 1 aliphatic rings. The average molecular weight is 302 g/mol. The van der Waals surface area contributed by atoms with E-state index < -0.39 is 0 Å². The predicted molar refractivity (Wildman–Crippen MR) is 71.3 cm³/mol. The summed E-state index contributed by atoms with van der Waals surface area (Å²) < 4.78 is 8.61. The maximum atomic E-state index is 5.40. The maximum absolute atomic E-state index is 5.40. The lowest BCUT2D eigenvalue weighted by molar-refractivity contribution is 0.0842. The third-order valence-electron chi connectivity index (χ3n) is 3.35. The van der Waals surface area contributed by atoms with Crippen molar-refractivity contribution in [3.05, 3.63) is 15.9 Å². The first-order valence-electron chi connectivity index (χ1n) is 6.17. The van der Waals surface area contributed by atoms with Crippen LogP contribution >= 0.6 is 15.9 Å². The Morgan fingerprint density at radius 2 is 2.18 bits per heavy atom. The van der Waals surface area contributed by atoms with Gasteiger partial charge in [-0.25, -0.2) is 0 Å². The van der Waals surface area contributed by atoms with Crippen LogP contribution in [0, 0.1) is 0 Å². The molecule has 1 saturated heterocycles. The highest BCUT2D eigenvalue weighted by molar-refractivity contribution is 9.10. The van der Waals surface area contributed by atoms with Crippen LogP contribution < -0.4 is 5.32 Å². The predicted octanol–water partition coefficient (Wildman–Crippen LogP) is 1.84. The molecule has 0 radical (unpaired) electrons. The Hall–Kier alpha value is -0.390. The number of ether oxygens (including phenoxy) is 1. The molecule has 96 valence electrons. The number of nitrogens with one attached hydrogen (secondary N) is 1. The monoisotopic (exact) mass is 301 g/mol. The van der Waals surface area contributed by atoms with Gasteiger partial charge in [0, 0.05) is 39.1 Å². The van der Waals surface area contributed by atoms with Gasteiger partial charge in [-0.15, -0.1) is 0 Å². The first kappa shape index (κ1) is 13.1. The summed E-state index contributed by atoms with van der Waals surface area (Å²) in [6.45, 7) is 2.70. The highest BCUT2D eigenvalue weighted by atomic mass is 79.9. The summed E-state index contributed by atoms with van der Waals surface area (Å²) in [4.78, 5) is 0. The number of nitrogens with zero attached hydrogens (tertiary/aromatic N) is 2. The van der Waals surface area contributed by atoms with Crippen molar-refractivity contribution in [2.45, 2.75) is 25.2 Å². The van der Waals surface area contributed by atoms with E-state index in [0.29, 0.717) is 5.92 Å². The number of likely N-dealkylation sites (N-methyl/N-ethyl adjacent to an activating group) is 1. The molecule has 2 heterocycles. The van der Waals surface area contributed by atoms with Gasteiger partial charge in [0.1, 0.15) is 0 Å². The smallest absolute Gasteiger partial charge is 0.0802 e. The number of aryl methyl sites for hydroxylation is 1. The molecule has 0 bridgehead atoms. The molecule has 5 heteroatoms. The molecule has 0 spiro atoms.